The summed E-state index contributed by atoms with van der Waals surface area (Å²) in [6.45, 7) is 4.12. The van der Waals surface area contributed by atoms with Crippen LogP contribution in [0.1, 0.15) is 16.8 Å². The van der Waals surface area contributed by atoms with Gasteiger partial charge in [0.15, 0.2) is 0 Å². The Bertz CT molecular complexity index is 880. The molecule has 168 valence electrons. The molecular formula is C22H27Cl2N3O4. The maximum Gasteiger partial charge on any atom is 0.255 e. The molecule has 1 aliphatic heterocycles. The van der Waals surface area contributed by atoms with Crippen LogP contribution in [0, 0.1) is 0 Å². The first-order valence-corrected chi connectivity index (χ1v) is 10.9. The molecule has 9 heteroatoms. The number of hydrogen-bond donors (Lipinski definition) is 2. The SMILES string of the molecule is COc1cc(N)c(Cl)cc1C(=O)NCC1CN(CCCOc2ccc(Cl)cc2)CCO1. The van der Waals surface area contributed by atoms with Crippen molar-refractivity contribution in [3.05, 3.63) is 52.0 Å². The molecule has 1 saturated heterocycles. The van der Waals surface area contributed by atoms with Gasteiger partial charge in [-0.05, 0) is 36.8 Å². The van der Waals surface area contributed by atoms with E-state index >= 15 is 0 Å². The number of carbonyl (C=O) groups excluding carboxylic acids is 1. The minimum absolute atomic E-state index is 0.0925. The number of nitrogen functional groups attached to an aromatic ring is 1. The van der Waals surface area contributed by atoms with Crippen LogP contribution in [0.15, 0.2) is 36.4 Å². The Morgan fingerprint density at radius 2 is 2.06 bits per heavy atom. The maximum absolute atomic E-state index is 12.6. The van der Waals surface area contributed by atoms with Crippen molar-refractivity contribution in [1.29, 1.82) is 0 Å². The second-order valence-electron chi connectivity index (χ2n) is 7.23. The molecule has 31 heavy (non-hydrogen) atoms. The smallest absolute Gasteiger partial charge is 0.255 e. The molecule has 1 heterocycles. The molecule has 0 radical (unpaired) electrons. The Kier molecular flexibility index (Phi) is 8.66. The molecule has 2 aromatic carbocycles. The van der Waals surface area contributed by atoms with E-state index in [0.29, 0.717) is 46.8 Å². The zero-order chi connectivity index (χ0) is 22.2. The van der Waals surface area contributed by atoms with Crippen molar-refractivity contribution in [2.24, 2.45) is 0 Å². The first-order valence-electron chi connectivity index (χ1n) is 10.1. The number of hydrogen-bond acceptors (Lipinski definition) is 6. The molecule has 3 rings (SSSR count). The molecule has 0 saturated carbocycles. The van der Waals surface area contributed by atoms with Gasteiger partial charge in [0, 0.05) is 37.3 Å². The van der Waals surface area contributed by atoms with E-state index in [1.54, 1.807) is 6.07 Å². The highest BCUT2D eigenvalue weighted by Gasteiger charge is 2.22. The van der Waals surface area contributed by atoms with Crippen molar-refractivity contribution in [2.75, 3.05) is 52.2 Å². The molecule has 1 amide bonds. The zero-order valence-corrected chi connectivity index (χ0v) is 18.9. The van der Waals surface area contributed by atoms with Gasteiger partial charge in [0.1, 0.15) is 11.5 Å². The van der Waals surface area contributed by atoms with E-state index < -0.39 is 0 Å². The van der Waals surface area contributed by atoms with Crippen LogP contribution >= 0.6 is 23.2 Å². The number of methoxy groups -OCH3 is 1. The number of rotatable bonds is 9. The maximum atomic E-state index is 12.6. The minimum Gasteiger partial charge on any atom is -0.496 e. The third-order valence-electron chi connectivity index (χ3n) is 4.98. The molecule has 3 N–H and O–H groups in total. The fourth-order valence-corrected chi connectivity index (χ4v) is 3.62. The van der Waals surface area contributed by atoms with Gasteiger partial charge < -0.3 is 25.3 Å². The van der Waals surface area contributed by atoms with E-state index in [4.69, 9.17) is 43.1 Å². The summed E-state index contributed by atoms with van der Waals surface area (Å²) >= 11 is 11.9. The van der Waals surface area contributed by atoms with Crippen molar-refractivity contribution in [3.8, 4) is 11.5 Å². The Labute approximate surface area is 192 Å². The topological polar surface area (TPSA) is 86.0 Å². The van der Waals surface area contributed by atoms with Crippen molar-refractivity contribution in [2.45, 2.75) is 12.5 Å². The van der Waals surface area contributed by atoms with Crippen molar-refractivity contribution in [1.82, 2.24) is 10.2 Å². The fraction of sp³-hybridized carbons (Fsp3) is 0.409. The third kappa shape index (κ3) is 6.90. The fourth-order valence-electron chi connectivity index (χ4n) is 3.33. The van der Waals surface area contributed by atoms with E-state index in [9.17, 15) is 4.79 Å². The minimum atomic E-state index is -0.282. The lowest BCUT2D eigenvalue weighted by atomic mass is 10.1. The van der Waals surface area contributed by atoms with E-state index in [0.717, 1.165) is 31.8 Å². The highest BCUT2D eigenvalue weighted by atomic mass is 35.5. The van der Waals surface area contributed by atoms with Gasteiger partial charge in [-0.3, -0.25) is 9.69 Å². The van der Waals surface area contributed by atoms with Gasteiger partial charge in [0.05, 0.1) is 42.7 Å². The van der Waals surface area contributed by atoms with E-state index in [-0.39, 0.29) is 12.0 Å². The van der Waals surface area contributed by atoms with Crippen LogP contribution in [0.5, 0.6) is 11.5 Å². The van der Waals surface area contributed by atoms with Crippen LogP contribution in [-0.4, -0.2) is 63.4 Å². The summed E-state index contributed by atoms with van der Waals surface area (Å²) in [5.74, 6) is 0.910. The number of nitrogens with two attached hydrogens (primary N) is 1. The number of nitrogens with one attached hydrogen (secondary N) is 1. The number of halogens is 2. The molecule has 1 unspecified atom stereocenters. The number of nitrogens with zero attached hydrogens (tertiary/aromatic N) is 1. The summed E-state index contributed by atoms with van der Waals surface area (Å²) in [6.07, 6.45) is 0.799. The zero-order valence-electron chi connectivity index (χ0n) is 17.4. The molecule has 0 bridgehead atoms. The molecular weight excluding hydrogens is 441 g/mol. The molecule has 1 atom stereocenters. The van der Waals surface area contributed by atoms with Gasteiger partial charge in [0.2, 0.25) is 0 Å². The molecule has 7 nitrogen and oxygen atoms in total. The average Bonchev–Trinajstić information content (AvgIpc) is 2.78. The number of amides is 1. The predicted octanol–water partition coefficient (Wildman–Crippen LogP) is 3.48. The molecule has 0 aromatic heterocycles. The number of ether oxygens (including phenoxy) is 3. The van der Waals surface area contributed by atoms with Crippen LogP contribution in [0.25, 0.3) is 0 Å². The van der Waals surface area contributed by atoms with Crippen molar-refractivity contribution in [3.63, 3.8) is 0 Å². The number of benzene rings is 2. The Balaban J connectivity index is 1.42. The molecule has 0 spiro atoms. The lowest BCUT2D eigenvalue weighted by Crippen LogP contribution is -2.47. The second-order valence-corrected chi connectivity index (χ2v) is 8.08. The van der Waals surface area contributed by atoms with Crippen LogP contribution in [0.3, 0.4) is 0 Å². The summed E-state index contributed by atoms with van der Waals surface area (Å²) < 4.78 is 16.8. The molecule has 1 aliphatic rings. The van der Waals surface area contributed by atoms with Crippen LogP contribution in [0.4, 0.5) is 5.69 Å². The Morgan fingerprint density at radius 3 is 2.81 bits per heavy atom. The quantitative estimate of drug-likeness (QED) is 0.433. The molecule has 0 aliphatic carbocycles. The van der Waals surface area contributed by atoms with Gasteiger partial charge in [-0.2, -0.15) is 0 Å². The highest BCUT2D eigenvalue weighted by molar-refractivity contribution is 6.33. The Hall–Kier alpha value is -2.19. The third-order valence-corrected chi connectivity index (χ3v) is 5.56. The number of anilines is 1. The van der Waals surface area contributed by atoms with Crippen LogP contribution in [-0.2, 0) is 4.74 Å². The first kappa shape index (κ1) is 23.5. The summed E-state index contributed by atoms with van der Waals surface area (Å²) in [5.41, 5.74) is 6.48. The van der Waals surface area contributed by atoms with Crippen LogP contribution < -0.4 is 20.5 Å². The Morgan fingerprint density at radius 1 is 1.29 bits per heavy atom. The molecule has 1 fully saturated rings. The van der Waals surface area contributed by atoms with Gasteiger partial charge in [-0.25, -0.2) is 0 Å². The lowest BCUT2D eigenvalue weighted by Gasteiger charge is -2.33. The molecule has 2 aromatic rings. The van der Waals surface area contributed by atoms with E-state index in [1.807, 2.05) is 24.3 Å². The van der Waals surface area contributed by atoms with Gasteiger partial charge >= 0.3 is 0 Å². The monoisotopic (exact) mass is 467 g/mol. The summed E-state index contributed by atoms with van der Waals surface area (Å²) in [4.78, 5) is 14.9. The lowest BCUT2D eigenvalue weighted by molar-refractivity contribution is -0.0274. The van der Waals surface area contributed by atoms with Gasteiger partial charge in [-0.15, -0.1) is 0 Å². The van der Waals surface area contributed by atoms with Crippen molar-refractivity contribution >= 4 is 34.8 Å². The number of morpholine rings is 1. The van der Waals surface area contributed by atoms with Crippen molar-refractivity contribution < 1.29 is 19.0 Å². The first-order chi connectivity index (χ1) is 15.0. The number of carbonyl (C=O) groups is 1. The highest BCUT2D eigenvalue weighted by Crippen LogP contribution is 2.28. The summed E-state index contributed by atoms with van der Waals surface area (Å²) in [7, 11) is 1.48. The van der Waals surface area contributed by atoms with Gasteiger partial charge in [0.25, 0.3) is 5.91 Å². The normalized spacial score (nSPS) is 16.7. The largest absolute Gasteiger partial charge is 0.496 e. The van der Waals surface area contributed by atoms with E-state index in [1.165, 1.54) is 13.2 Å². The summed E-state index contributed by atoms with van der Waals surface area (Å²) in [5, 5.41) is 3.90. The summed E-state index contributed by atoms with van der Waals surface area (Å²) in [6, 6.07) is 10.4. The average molecular weight is 468 g/mol. The predicted molar refractivity (Wildman–Crippen MR) is 122 cm³/mol. The van der Waals surface area contributed by atoms with Gasteiger partial charge in [-0.1, -0.05) is 23.2 Å². The van der Waals surface area contributed by atoms with Crippen LogP contribution in [0.2, 0.25) is 10.0 Å². The van der Waals surface area contributed by atoms with E-state index in [2.05, 4.69) is 10.2 Å². The standard InChI is InChI=1S/C22H27Cl2N3O4/c1-29-21-12-20(25)19(24)11-18(21)22(28)26-13-17-14-27(8-10-31-17)7-2-9-30-16-5-3-15(23)4-6-16/h3-6,11-12,17H,2,7-10,13-14,25H2,1H3,(H,26,28). The second kappa shape index (κ2) is 11.4.